The Morgan fingerprint density at radius 2 is 1.93 bits per heavy atom. The molecular weight excluding hydrogens is 170 g/mol. The van der Waals surface area contributed by atoms with Crippen molar-refractivity contribution >= 4 is 6.21 Å². The third-order valence-corrected chi connectivity index (χ3v) is 1.64. The molecule has 0 bridgehead atoms. The Bertz CT molecular complexity index is 166. The van der Waals surface area contributed by atoms with E-state index < -0.39 is 0 Å². The molecule has 0 aliphatic rings. The zero-order valence-corrected chi connectivity index (χ0v) is 10.2. The first-order valence-electron chi connectivity index (χ1n) is 5.65. The van der Waals surface area contributed by atoms with Gasteiger partial charge in [-0.15, -0.1) is 0 Å². The number of hydrogen-bond acceptors (Lipinski definition) is 1. The lowest BCUT2D eigenvalue weighted by molar-refractivity contribution is 0.710. The van der Waals surface area contributed by atoms with Crippen LogP contribution in [0.2, 0.25) is 0 Å². The summed E-state index contributed by atoms with van der Waals surface area (Å²) in [5, 5.41) is 0. The lowest BCUT2D eigenvalue weighted by Crippen LogP contribution is -1.80. The van der Waals surface area contributed by atoms with Crippen molar-refractivity contribution in [2.24, 2.45) is 4.99 Å². The molecule has 0 unspecified atom stereocenters. The van der Waals surface area contributed by atoms with Gasteiger partial charge in [0.1, 0.15) is 0 Å². The number of aliphatic imine (C=N–C) groups is 1. The average molecular weight is 195 g/mol. The standard InChI is InChI=1S/C11H19N.C2H6/c1-4-7-8-10-11(9-5-2)12-6-3;1-2/h5-6,9H,2,4,7-8,10H2,1,3H3;1-2H3/b11-9-,12-6?;. The monoisotopic (exact) mass is 195 g/mol. The van der Waals surface area contributed by atoms with E-state index in [0.717, 1.165) is 12.1 Å². The van der Waals surface area contributed by atoms with Crippen LogP contribution in [0.15, 0.2) is 29.4 Å². The summed E-state index contributed by atoms with van der Waals surface area (Å²) in [5.74, 6) is 0. The molecular formula is C13H25N. The zero-order valence-electron chi connectivity index (χ0n) is 10.2. The maximum Gasteiger partial charge on any atom is 0.0399 e. The molecule has 0 saturated heterocycles. The first kappa shape index (κ1) is 15.6. The fourth-order valence-corrected chi connectivity index (χ4v) is 1.05. The summed E-state index contributed by atoms with van der Waals surface area (Å²) in [7, 11) is 0. The second kappa shape index (κ2) is 14.7. The second-order valence-electron chi connectivity index (χ2n) is 2.74. The number of rotatable bonds is 6. The van der Waals surface area contributed by atoms with Crippen LogP contribution in [0.4, 0.5) is 0 Å². The lowest BCUT2D eigenvalue weighted by atomic mass is 10.1. The summed E-state index contributed by atoms with van der Waals surface area (Å²) in [4.78, 5) is 4.25. The maximum absolute atomic E-state index is 4.25. The molecule has 0 aliphatic carbocycles. The molecule has 0 heterocycles. The molecule has 14 heavy (non-hydrogen) atoms. The van der Waals surface area contributed by atoms with E-state index in [4.69, 9.17) is 0 Å². The first-order valence-corrected chi connectivity index (χ1v) is 5.65. The van der Waals surface area contributed by atoms with Crippen LogP contribution in [-0.4, -0.2) is 6.21 Å². The van der Waals surface area contributed by atoms with Crippen LogP contribution < -0.4 is 0 Å². The SMILES string of the molecule is C=C/C=C(/CCCCC)N=CC.CC. The summed E-state index contributed by atoms with van der Waals surface area (Å²) in [6.07, 6.45) is 10.5. The van der Waals surface area contributed by atoms with E-state index in [0.29, 0.717) is 0 Å². The van der Waals surface area contributed by atoms with Crippen LogP contribution in [0, 0.1) is 0 Å². The Hall–Kier alpha value is -0.850. The maximum atomic E-state index is 4.25. The molecule has 0 amide bonds. The van der Waals surface area contributed by atoms with Crippen LogP contribution >= 0.6 is 0 Å². The van der Waals surface area contributed by atoms with Crippen molar-refractivity contribution in [2.45, 2.75) is 53.4 Å². The van der Waals surface area contributed by atoms with E-state index in [-0.39, 0.29) is 0 Å². The molecule has 0 aromatic heterocycles. The van der Waals surface area contributed by atoms with Crippen molar-refractivity contribution in [3.63, 3.8) is 0 Å². The van der Waals surface area contributed by atoms with Gasteiger partial charge in [-0.2, -0.15) is 0 Å². The van der Waals surface area contributed by atoms with Gasteiger partial charge in [-0.3, -0.25) is 4.99 Å². The van der Waals surface area contributed by atoms with Crippen molar-refractivity contribution in [3.8, 4) is 0 Å². The predicted octanol–water partition coefficient (Wildman–Crippen LogP) is 4.75. The van der Waals surface area contributed by atoms with Gasteiger partial charge in [0, 0.05) is 11.9 Å². The number of unbranched alkanes of at least 4 members (excludes halogenated alkanes) is 2. The van der Waals surface area contributed by atoms with Crippen LogP contribution in [-0.2, 0) is 0 Å². The molecule has 0 spiro atoms. The highest BCUT2D eigenvalue weighted by Crippen LogP contribution is 2.09. The van der Waals surface area contributed by atoms with Gasteiger partial charge in [0.25, 0.3) is 0 Å². The summed E-state index contributed by atoms with van der Waals surface area (Å²) in [5.41, 5.74) is 1.14. The Balaban J connectivity index is 0. The summed E-state index contributed by atoms with van der Waals surface area (Å²) in [6, 6.07) is 0. The van der Waals surface area contributed by atoms with Gasteiger partial charge in [0.05, 0.1) is 0 Å². The van der Waals surface area contributed by atoms with E-state index >= 15 is 0 Å². The molecule has 0 rings (SSSR count). The van der Waals surface area contributed by atoms with Gasteiger partial charge in [-0.05, 0) is 25.8 Å². The minimum atomic E-state index is 1.07. The Morgan fingerprint density at radius 3 is 2.36 bits per heavy atom. The minimum Gasteiger partial charge on any atom is -0.266 e. The van der Waals surface area contributed by atoms with Gasteiger partial charge in [0.15, 0.2) is 0 Å². The molecule has 82 valence electrons. The molecule has 0 saturated carbocycles. The molecule has 0 aliphatic heterocycles. The summed E-state index contributed by atoms with van der Waals surface area (Å²) >= 11 is 0. The lowest BCUT2D eigenvalue weighted by Gasteiger charge is -1.98. The third-order valence-electron chi connectivity index (χ3n) is 1.64. The van der Waals surface area contributed by atoms with E-state index in [1.54, 1.807) is 6.08 Å². The molecule has 0 N–H and O–H groups in total. The Labute approximate surface area is 89.6 Å². The number of hydrogen-bond donors (Lipinski definition) is 0. The van der Waals surface area contributed by atoms with Gasteiger partial charge in [-0.25, -0.2) is 0 Å². The van der Waals surface area contributed by atoms with E-state index in [2.05, 4.69) is 18.5 Å². The molecule has 0 fully saturated rings. The van der Waals surface area contributed by atoms with E-state index in [1.807, 2.05) is 33.1 Å². The Kier molecular flexibility index (Phi) is 16.4. The molecule has 0 aromatic carbocycles. The molecule has 0 aromatic rings. The van der Waals surface area contributed by atoms with E-state index in [9.17, 15) is 0 Å². The second-order valence-corrected chi connectivity index (χ2v) is 2.74. The largest absolute Gasteiger partial charge is 0.266 e. The van der Waals surface area contributed by atoms with Crippen molar-refractivity contribution in [1.82, 2.24) is 0 Å². The third kappa shape index (κ3) is 11.2. The fourth-order valence-electron chi connectivity index (χ4n) is 1.05. The normalized spacial score (nSPS) is 11.0. The van der Waals surface area contributed by atoms with Crippen molar-refractivity contribution in [3.05, 3.63) is 24.4 Å². The highest BCUT2D eigenvalue weighted by atomic mass is 14.7. The summed E-state index contributed by atoms with van der Waals surface area (Å²) < 4.78 is 0. The van der Waals surface area contributed by atoms with Crippen molar-refractivity contribution in [2.75, 3.05) is 0 Å². The van der Waals surface area contributed by atoms with Gasteiger partial charge in [0.2, 0.25) is 0 Å². The van der Waals surface area contributed by atoms with Crippen LogP contribution in [0.1, 0.15) is 53.4 Å². The molecule has 0 radical (unpaired) electrons. The van der Waals surface area contributed by atoms with Crippen molar-refractivity contribution < 1.29 is 0 Å². The van der Waals surface area contributed by atoms with Crippen LogP contribution in [0.25, 0.3) is 0 Å². The van der Waals surface area contributed by atoms with Crippen LogP contribution in [0.5, 0.6) is 0 Å². The van der Waals surface area contributed by atoms with Gasteiger partial charge < -0.3 is 0 Å². The molecule has 0 atom stereocenters. The quantitative estimate of drug-likeness (QED) is 0.329. The fraction of sp³-hybridized carbons (Fsp3) is 0.615. The molecule has 1 heteroatoms. The Morgan fingerprint density at radius 1 is 1.29 bits per heavy atom. The smallest absolute Gasteiger partial charge is 0.0399 e. The van der Waals surface area contributed by atoms with E-state index in [1.165, 1.54) is 19.3 Å². The predicted molar refractivity (Wildman–Crippen MR) is 67.9 cm³/mol. The first-order chi connectivity index (χ1) is 6.85. The molecule has 1 nitrogen and oxygen atoms in total. The van der Waals surface area contributed by atoms with Crippen LogP contribution in [0.3, 0.4) is 0 Å². The zero-order chi connectivity index (χ0) is 11.2. The minimum absolute atomic E-state index is 1.07. The highest BCUT2D eigenvalue weighted by Gasteiger charge is 1.91. The topological polar surface area (TPSA) is 12.4 Å². The number of allylic oxidation sites excluding steroid dienone is 3. The van der Waals surface area contributed by atoms with Gasteiger partial charge >= 0.3 is 0 Å². The number of nitrogens with zero attached hydrogens (tertiary/aromatic N) is 1. The average Bonchev–Trinajstić information content (AvgIpc) is 2.22. The van der Waals surface area contributed by atoms with Gasteiger partial charge in [-0.1, -0.05) is 46.3 Å². The highest BCUT2D eigenvalue weighted by molar-refractivity contribution is 5.55. The van der Waals surface area contributed by atoms with Crippen molar-refractivity contribution in [1.29, 1.82) is 0 Å². The summed E-state index contributed by atoms with van der Waals surface area (Å²) in [6.45, 7) is 11.8.